The molecule has 0 N–H and O–H groups in total. The van der Waals surface area contributed by atoms with Crippen LogP contribution in [-0.2, 0) is 9.84 Å². The number of halogens is 1. The maximum absolute atomic E-state index is 12.4. The van der Waals surface area contributed by atoms with Crippen molar-refractivity contribution in [3.05, 3.63) is 34.9 Å². The largest absolute Gasteiger partial charge is 0.294 e. The molecule has 0 saturated heterocycles. The van der Waals surface area contributed by atoms with E-state index in [-0.39, 0.29) is 11.7 Å². The minimum absolute atomic E-state index is 0.0287. The fourth-order valence-electron chi connectivity index (χ4n) is 2.65. The standard InChI is InChI=1S/C14H17ClO3S/c1-19(17,18)11-6-4-5-10(9-11)14(16)12-7-2-3-8-13(12)15/h2-3,7-8,10-11H,4-6,9H2,1H3. The Kier molecular flexibility index (Phi) is 4.31. The Labute approximate surface area is 118 Å². The Morgan fingerprint density at radius 2 is 1.95 bits per heavy atom. The zero-order chi connectivity index (χ0) is 14.0. The fourth-order valence-corrected chi connectivity index (χ4v) is 4.06. The number of carbonyl (C=O) groups is 1. The highest BCUT2D eigenvalue weighted by molar-refractivity contribution is 7.91. The van der Waals surface area contributed by atoms with E-state index in [1.165, 1.54) is 6.26 Å². The molecule has 1 saturated carbocycles. The topological polar surface area (TPSA) is 51.2 Å². The number of sulfone groups is 1. The molecule has 2 atom stereocenters. The van der Waals surface area contributed by atoms with Crippen molar-refractivity contribution in [3.8, 4) is 0 Å². The molecule has 1 aliphatic carbocycles. The first-order valence-corrected chi connectivity index (χ1v) is 8.70. The van der Waals surface area contributed by atoms with E-state index in [1.807, 2.05) is 0 Å². The van der Waals surface area contributed by atoms with Crippen molar-refractivity contribution in [2.45, 2.75) is 30.9 Å². The number of rotatable bonds is 3. The highest BCUT2D eigenvalue weighted by Gasteiger charge is 2.33. The molecule has 2 rings (SSSR count). The second kappa shape index (κ2) is 5.63. The van der Waals surface area contributed by atoms with E-state index >= 15 is 0 Å². The molecule has 0 aromatic heterocycles. The normalized spacial score (nSPS) is 24.1. The van der Waals surface area contributed by atoms with Gasteiger partial charge in [-0.3, -0.25) is 4.79 Å². The van der Waals surface area contributed by atoms with Crippen LogP contribution >= 0.6 is 11.6 Å². The number of carbonyl (C=O) groups excluding carboxylic acids is 1. The van der Waals surface area contributed by atoms with Gasteiger partial charge in [0.25, 0.3) is 0 Å². The number of Topliss-reactive ketones (excluding diaryl/α,β-unsaturated/α-hetero) is 1. The smallest absolute Gasteiger partial charge is 0.167 e. The first kappa shape index (κ1) is 14.5. The summed E-state index contributed by atoms with van der Waals surface area (Å²) >= 11 is 6.03. The van der Waals surface area contributed by atoms with Crippen LogP contribution in [0.2, 0.25) is 5.02 Å². The molecule has 2 unspecified atom stereocenters. The van der Waals surface area contributed by atoms with Gasteiger partial charge in [0.1, 0.15) is 9.84 Å². The molecule has 0 spiro atoms. The van der Waals surface area contributed by atoms with Crippen LogP contribution < -0.4 is 0 Å². The number of benzene rings is 1. The Hall–Kier alpha value is -0.870. The van der Waals surface area contributed by atoms with Gasteiger partial charge < -0.3 is 0 Å². The highest BCUT2D eigenvalue weighted by Crippen LogP contribution is 2.32. The van der Waals surface area contributed by atoms with Crippen molar-refractivity contribution in [2.24, 2.45) is 5.92 Å². The van der Waals surface area contributed by atoms with Gasteiger partial charge in [-0.05, 0) is 31.4 Å². The third-order valence-corrected chi connectivity index (χ3v) is 5.71. The average Bonchev–Trinajstić information content (AvgIpc) is 2.38. The van der Waals surface area contributed by atoms with Crippen LogP contribution in [0.5, 0.6) is 0 Å². The van der Waals surface area contributed by atoms with E-state index in [0.717, 1.165) is 12.8 Å². The summed E-state index contributed by atoms with van der Waals surface area (Å²) in [6.45, 7) is 0. The van der Waals surface area contributed by atoms with E-state index < -0.39 is 15.1 Å². The molecule has 1 fully saturated rings. The molecule has 0 bridgehead atoms. The van der Waals surface area contributed by atoms with Gasteiger partial charge in [0, 0.05) is 17.7 Å². The summed E-state index contributed by atoms with van der Waals surface area (Å²) in [6, 6.07) is 6.94. The molecule has 0 aliphatic heterocycles. The Morgan fingerprint density at radius 3 is 2.58 bits per heavy atom. The van der Waals surface area contributed by atoms with Crippen molar-refractivity contribution in [2.75, 3.05) is 6.26 Å². The van der Waals surface area contributed by atoms with Crippen LogP contribution in [0.15, 0.2) is 24.3 Å². The van der Waals surface area contributed by atoms with E-state index in [2.05, 4.69) is 0 Å². The van der Waals surface area contributed by atoms with Crippen LogP contribution in [0.4, 0.5) is 0 Å². The SMILES string of the molecule is CS(=O)(=O)C1CCCC(C(=O)c2ccccc2Cl)C1. The van der Waals surface area contributed by atoms with Crippen LogP contribution in [0.25, 0.3) is 0 Å². The van der Waals surface area contributed by atoms with Gasteiger partial charge in [-0.1, -0.05) is 30.2 Å². The third kappa shape index (κ3) is 3.37. The summed E-state index contributed by atoms with van der Waals surface area (Å²) in [5.74, 6) is -0.257. The van der Waals surface area contributed by atoms with Gasteiger partial charge in [0.05, 0.1) is 10.3 Å². The average molecular weight is 301 g/mol. The van der Waals surface area contributed by atoms with Gasteiger partial charge in [0.2, 0.25) is 0 Å². The van der Waals surface area contributed by atoms with Crippen LogP contribution in [-0.4, -0.2) is 25.7 Å². The molecule has 5 heteroatoms. The van der Waals surface area contributed by atoms with Crippen molar-refractivity contribution < 1.29 is 13.2 Å². The Morgan fingerprint density at radius 1 is 1.26 bits per heavy atom. The van der Waals surface area contributed by atoms with Gasteiger partial charge >= 0.3 is 0 Å². The van der Waals surface area contributed by atoms with E-state index in [1.54, 1.807) is 24.3 Å². The maximum atomic E-state index is 12.4. The number of ketones is 1. The number of hydrogen-bond donors (Lipinski definition) is 0. The first-order valence-electron chi connectivity index (χ1n) is 6.37. The van der Waals surface area contributed by atoms with E-state index in [0.29, 0.717) is 23.4 Å². The lowest BCUT2D eigenvalue weighted by molar-refractivity contribution is 0.0891. The lowest BCUT2D eigenvalue weighted by Gasteiger charge is -2.27. The van der Waals surface area contributed by atoms with Crippen LogP contribution in [0.3, 0.4) is 0 Å². The summed E-state index contributed by atoms with van der Waals surface area (Å²) in [5.41, 5.74) is 0.503. The Bertz CT molecular complexity index is 580. The molecule has 1 aromatic carbocycles. The monoisotopic (exact) mass is 300 g/mol. The minimum atomic E-state index is -3.07. The fraction of sp³-hybridized carbons (Fsp3) is 0.500. The van der Waals surface area contributed by atoms with Crippen molar-refractivity contribution in [1.82, 2.24) is 0 Å². The molecule has 1 aromatic rings. The molecule has 19 heavy (non-hydrogen) atoms. The summed E-state index contributed by atoms with van der Waals surface area (Å²) in [5, 5.41) is 0.0478. The van der Waals surface area contributed by atoms with Crippen molar-refractivity contribution >= 4 is 27.2 Å². The van der Waals surface area contributed by atoms with Crippen LogP contribution in [0.1, 0.15) is 36.0 Å². The number of hydrogen-bond acceptors (Lipinski definition) is 3. The molecule has 0 amide bonds. The van der Waals surface area contributed by atoms with Crippen molar-refractivity contribution in [1.29, 1.82) is 0 Å². The molecular weight excluding hydrogens is 284 g/mol. The van der Waals surface area contributed by atoms with E-state index in [9.17, 15) is 13.2 Å². The van der Waals surface area contributed by atoms with Crippen LogP contribution in [0, 0.1) is 5.92 Å². The second-order valence-electron chi connectivity index (χ2n) is 5.16. The minimum Gasteiger partial charge on any atom is -0.294 e. The quantitative estimate of drug-likeness (QED) is 0.806. The van der Waals surface area contributed by atoms with Gasteiger partial charge in [-0.2, -0.15) is 0 Å². The highest BCUT2D eigenvalue weighted by atomic mass is 35.5. The molecule has 0 radical (unpaired) electrons. The molecule has 1 aliphatic rings. The predicted octanol–water partition coefficient (Wildman–Crippen LogP) is 3.13. The van der Waals surface area contributed by atoms with Gasteiger partial charge in [-0.15, -0.1) is 0 Å². The zero-order valence-electron chi connectivity index (χ0n) is 10.8. The van der Waals surface area contributed by atoms with E-state index in [4.69, 9.17) is 11.6 Å². The lowest BCUT2D eigenvalue weighted by atomic mass is 9.83. The molecule has 0 heterocycles. The predicted molar refractivity (Wildman–Crippen MR) is 76.4 cm³/mol. The molecule has 3 nitrogen and oxygen atoms in total. The Balaban J connectivity index is 2.19. The summed E-state index contributed by atoms with van der Waals surface area (Å²) in [6.07, 6.45) is 3.85. The van der Waals surface area contributed by atoms with Crippen molar-refractivity contribution in [3.63, 3.8) is 0 Å². The molecular formula is C14H17ClO3S. The van der Waals surface area contributed by atoms with Gasteiger partial charge in [0.15, 0.2) is 5.78 Å². The summed E-state index contributed by atoms with van der Waals surface area (Å²) in [7, 11) is -3.07. The molecule has 104 valence electrons. The second-order valence-corrected chi connectivity index (χ2v) is 7.89. The summed E-state index contributed by atoms with van der Waals surface area (Å²) in [4.78, 5) is 12.4. The maximum Gasteiger partial charge on any atom is 0.167 e. The lowest BCUT2D eigenvalue weighted by Crippen LogP contribution is -2.31. The zero-order valence-corrected chi connectivity index (χ0v) is 12.4. The van der Waals surface area contributed by atoms with Gasteiger partial charge in [-0.25, -0.2) is 8.42 Å². The summed E-state index contributed by atoms with van der Waals surface area (Å²) < 4.78 is 23.2. The third-order valence-electron chi connectivity index (χ3n) is 3.74. The first-order chi connectivity index (χ1) is 8.89.